The fourth-order valence-corrected chi connectivity index (χ4v) is 2.26. The van der Waals surface area contributed by atoms with Gasteiger partial charge in [-0.15, -0.1) is 0 Å². The van der Waals surface area contributed by atoms with Gasteiger partial charge in [0.15, 0.2) is 6.20 Å². The second kappa shape index (κ2) is 3.12. The molecule has 0 aromatic carbocycles. The van der Waals surface area contributed by atoms with E-state index in [2.05, 4.69) is 55.1 Å². The molecule has 2 heterocycles. The summed E-state index contributed by atoms with van der Waals surface area (Å²) >= 11 is 0. The minimum absolute atomic E-state index is 1.07. The van der Waals surface area contributed by atoms with Crippen LogP contribution in [0.4, 0.5) is 0 Å². The fraction of sp³-hybridized carbons (Fsp3) is 0.417. The fourth-order valence-electron chi connectivity index (χ4n) is 2.26. The third-order valence-electron chi connectivity index (χ3n) is 2.87. The lowest BCUT2D eigenvalue weighted by molar-refractivity contribution is -0.678. The van der Waals surface area contributed by atoms with Crippen molar-refractivity contribution in [1.29, 1.82) is 0 Å². The molecule has 0 saturated heterocycles. The van der Waals surface area contributed by atoms with Crippen LogP contribution in [0.5, 0.6) is 0 Å². The zero-order chi connectivity index (χ0) is 10.3. The first-order chi connectivity index (χ1) is 6.65. The molecule has 0 atom stereocenters. The molecule has 0 spiro atoms. The predicted octanol–water partition coefficient (Wildman–Crippen LogP) is 1.94. The summed E-state index contributed by atoms with van der Waals surface area (Å²) in [5.74, 6) is 0. The van der Waals surface area contributed by atoms with Crippen LogP contribution in [0.1, 0.15) is 24.0 Å². The molecule has 0 aliphatic heterocycles. The van der Waals surface area contributed by atoms with E-state index in [1.54, 1.807) is 0 Å². The number of hydrogen-bond acceptors (Lipinski definition) is 0. The van der Waals surface area contributed by atoms with Crippen molar-refractivity contribution >= 4 is 5.52 Å². The van der Waals surface area contributed by atoms with Crippen LogP contribution < -0.4 is 4.57 Å². The lowest BCUT2D eigenvalue weighted by Gasteiger charge is -2.05. The quantitative estimate of drug-likeness (QED) is 0.606. The molecule has 0 aliphatic rings. The molecule has 2 rings (SSSR count). The highest BCUT2D eigenvalue weighted by atomic mass is 15.0. The first-order valence-electron chi connectivity index (χ1n) is 5.11. The summed E-state index contributed by atoms with van der Waals surface area (Å²) in [7, 11) is 2.12. The Balaban J connectivity index is 2.92. The molecule has 14 heavy (non-hydrogen) atoms. The molecule has 0 amide bonds. The Bertz CT molecular complexity index is 481. The van der Waals surface area contributed by atoms with Crippen molar-refractivity contribution in [2.24, 2.45) is 7.05 Å². The van der Waals surface area contributed by atoms with Crippen molar-refractivity contribution in [3.05, 3.63) is 35.4 Å². The minimum Gasteiger partial charge on any atom is -0.307 e. The van der Waals surface area contributed by atoms with Gasteiger partial charge in [0.05, 0.1) is 5.69 Å². The van der Waals surface area contributed by atoms with E-state index in [9.17, 15) is 0 Å². The zero-order valence-electron chi connectivity index (χ0n) is 9.33. The van der Waals surface area contributed by atoms with Gasteiger partial charge in [-0.1, -0.05) is 6.92 Å². The van der Waals surface area contributed by atoms with E-state index in [0.29, 0.717) is 0 Å². The number of aromatic nitrogens is 2. The molecule has 2 heteroatoms. The van der Waals surface area contributed by atoms with Gasteiger partial charge in [0.2, 0.25) is 5.69 Å². The van der Waals surface area contributed by atoms with Crippen molar-refractivity contribution in [1.82, 2.24) is 4.40 Å². The van der Waals surface area contributed by atoms with E-state index >= 15 is 0 Å². The third-order valence-corrected chi connectivity index (χ3v) is 2.87. The molecular formula is C12H17N2+. The van der Waals surface area contributed by atoms with Crippen LogP contribution in [0.2, 0.25) is 0 Å². The lowest BCUT2D eigenvalue weighted by Crippen LogP contribution is -2.34. The highest BCUT2D eigenvalue weighted by Crippen LogP contribution is 2.14. The molecule has 0 radical (unpaired) electrons. The molecular weight excluding hydrogens is 172 g/mol. The van der Waals surface area contributed by atoms with Crippen LogP contribution >= 0.6 is 0 Å². The van der Waals surface area contributed by atoms with Crippen LogP contribution in [0, 0.1) is 13.8 Å². The Labute approximate surface area is 84.8 Å². The molecule has 0 bridgehead atoms. The second-order valence-electron chi connectivity index (χ2n) is 3.88. The summed E-state index contributed by atoms with van der Waals surface area (Å²) in [5, 5.41) is 0. The number of fused-ring (bicyclic) bond motifs is 1. The van der Waals surface area contributed by atoms with Gasteiger partial charge in [0.1, 0.15) is 12.6 Å². The maximum absolute atomic E-state index is 2.32. The third kappa shape index (κ3) is 1.14. The molecule has 0 unspecified atom stereocenters. The summed E-state index contributed by atoms with van der Waals surface area (Å²) in [6.45, 7) is 6.51. The highest BCUT2D eigenvalue weighted by molar-refractivity contribution is 5.53. The van der Waals surface area contributed by atoms with E-state index < -0.39 is 0 Å². The normalized spacial score (nSPS) is 11.1. The Kier molecular flexibility index (Phi) is 2.06. The number of aryl methyl sites for hydroxylation is 4. The average molecular weight is 189 g/mol. The summed E-state index contributed by atoms with van der Waals surface area (Å²) in [4.78, 5) is 0. The molecule has 2 nitrogen and oxygen atoms in total. The summed E-state index contributed by atoms with van der Waals surface area (Å²) < 4.78 is 4.54. The van der Waals surface area contributed by atoms with Crippen LogP contribution in [0.3, 0.4) is 0 Å². The van der Waals surface area contributed by atoms with Gasteiger partial charge in [-0.2, -0.15) is 0 Å². The smallest absolute Gasteiger partial charge is 0.205 e. The summed E-state index contributed by atoms with van der Waals surface area (Å²) in [6, 6.07) is 4.39. The van der Waals surface area contributed by atoms with Gasteiger partial charge in [0.25, 0.3) is 0 Å². The first kappa shape index (κ1) is 9.25. The minimum atomic E-state index is 1.07. The van der Waals surface area contributed by atoms with Crippen LogP contribution in [0.15, 0.2) is 18.3 Å². The van der Waals surface area contributed by atoms with E-state index in [0.717, 1.165) is 6.42 Å². The number of nitrogens with zero attached hydrogens (tertiary/aromatic N) is 2. The van der Waals surface area contributed by atoms with Crippen molar-refractivity contribution in [2.75, 3.05) is 0 Å². The maximum atomic E-state index is 2.32. The molecule has 2 aromatic heterocycles. The van der Waals surface area contributed by atoms with Crippen molar-refractivity contribution in [2.45, 2.75) is 27.2 Å². The topological polar surface area (TPSA) is 8.29 Å². The summed E-state index contributed by atoms with van der Waals surface area (Å²) in [5.41, 5.74) is 5.34. The molecule has 0 saturated carbocycles. The van der Waals surface area contributed by atoms with Crippen LogP contribution in [-0.2, 0) is 13.5 Å². The van der Waals surface area contributed by atoms with Crippen molar-refractivity contribution < 1.29 is 4.57 Å². The monoisotopic (exact) mass is 189 g/mol. The SMILES string of the molecule is CCc1c2ccc(C)n2c(C)c[n+]1C. The Hall–Kier alpha value is -1.31. The van der Waals surface area contributed by atoms with Crippen LogP contribution in [-0.4, -0.2) is 4.40 Å². The average Bonchev–Trinajstić information content (AvgIpc) is 2.49. The standard InChI is InChI=1S/C12H17N2/c1-5-11-12-7-6-9(2)14(12)10(3)8-13(11)4/h6-8H,5H2,1-4H3/q+1. The lowest BCUT2D eigenvalue weighted by atomic mass is 10.2. The predicted molar refractivity (Wildman–Crippen MR) is 57.4 cm³/mol. The Morgan fingerprint density at radius 1 is 1.21 bits per heavy atom. The number of rotatable bonds is 1. The Morgan fingerprint density at radius 3 is 2.57 bits per heavy atom. The van der Waals surface area contributed by atoms with Gasteiger partial charge in [-0.3, -0.25) is 0 Å². The van der Waals surface area contributed by atoms with E-state index in [-0.39, 0.29) is 0 Å². The molecule has 0 N–H and O–H groups in total. The molecule has 74 valence electrons. The van der Waals surface area contributed by atoms with Crippen molar-refractivity contribution in [3.63, 3.8) is 0 Å². The van der Waals surface area contributed by atoms with Gasteiger partial charge in [-0.05, 0) is 26.0 Å². The molecule has 0 fully saturated rings. The van der Waals surface area contributed by atoms with Gasteiger partial charge < -0.3 is 4.40 Å². The zero-order valence-corrected chi connectivity index (χ0v) is 9.33. The Morgan fingerprint density at radius 2 is 1.93 bits per heavy atom. The van der Waals surface area contributed by atoms with Crippen molar-refractivity contribution in [3.8, 4) is 0 Å². The van der Waals surface area contributed by atoms with Crippen LogP contribution in [0.25, 0.3) is 5.52 Å². The molecule has 2 aromatic rings. The van der Waals surface area contributed by atoms with E-state index in [1.165, 1.54) is 22.6 Å². The summed E-state index contributed by atoms with van der Waals surface area (Å²) in [6.07, 6.45) is 3.27. The first-order valence-corrected chi connectivity index (χ1v) is 5.11. The maximum Gasteiger partial charge on any atom is 0.205 e. The largest absolute Gasteiger partial charge is 0.307 e. The van der Waals surface area contributed by atoms with E-state index in [1.807, 2.05) is 0 Å². The van der Waals surface area contributed by atoms with Gasteiger partial charge in [-0.25, -0.2) is 4.57 Å². The van der Waals surface area contributed by atoms with E-state index in [4.69, 9.17) is 0 Å². The molecule has 0 aliphatic carbocycles. The highest BCUT2D eigenvalue weighted by Gasteiger charge is 2.13. The van der Waals surface area contributed by atoms with Gasteiger partial charge >= 0.3 is 0 Å². The number of hydrogen-bond donors (Lipinski definition) is 0. The second-order valence-corrected chi connectivity index (χ2v) is 3.88. The van der Waals surface area contributed by atoms with Gasteiger partial charge in [0, 0.05) is 12.1 Å².